The standard InChI is InChI=1S/C19H23N3O/c1-13-5-2-3-7-15(13)16-11-17(16)19(23)22-10-4-6-14(12-22)18-8-9-20-21-18/h2-3,5,7-9,14,16-17H,4,6,10-12H2,1H3,(H,20,21)/t14-,16+,17+/m1/s1. The molecule has 4 rings (SSSR count). The van der Waals surface area contributed by atoms with Crippen molar-refractivity contribution < 1.29 is 4.79 Å². The number of nitrogens with zero attached hydrogens (tertiary/aromatic N) is 2. The minimum Gasteiger partial charge on any atom is -0.342 e. The van der Waals surface area contributed by atoms with Gasteiger partial charge < -0.3 is 4.90 Å². The molecule has 0 bridgehead atoms. The second kappa shape index (κ2) is 5.84. The highest BCUT2D eigenvalue weighted by Crippen LogP contribution is 2.49. The van der Waals surface area contributed by atoms with Gasteiger partial charge in [0.1, 0.15) is 0 Å². The summed E-state index contributed by atoms with van der Waals surface area (Å²) >= 11 is 0. The molecule has 1 amide bonds. The first kappa shape index (κ1) is 14.5. The summed E-state index contributed by atoms with van der Waals surface area (Å²) in [7, 11) is 0. The van der Waals surface area contributed by atoms with Gasteiger partial charge in [-0.15, -0.1) is 0 Å². The molecule has 1 aliphatic carbocycles. The molecule has 3 atom stereocenters. The van der Waals surface area contributed by atoms with Crippen molar-refractivity contribution in [2.24, 2.45) is 5.92 Å². The molecule has 4 nitrogen and oxygen atoms in total. The van der Waals surface area contributed by atoms with Gasteiger partial charge in [0.15, 0.2) is 0 Å². The van der Waals surface area contributed by atoms with Crippen LogP contribution in [-0.4, -0.2) is 34.1 Å². The van der Waals surface area contributed by atoms with Gasteiger partial charge in [0.2, 0.25) is 5.91 Å². The molecular weight excluding hydrogens is 286 g/mol. The maximum atomic E-state index is 12.9. The van der Waals surface area contributed by atoms with Crippen LogP contribution in [0.1, 0.15) is 47.9 Å². The summed E-state index contributed by atoms with van der Waals surface area (Å²) in [5.41, 5.74) is 3.82. The van der Waals surface area contributed by atoms with Gasteiger partial charge in [-0.05, 0) is 49.3 Å². The van der Waals surface area contributed by atoms with Crippen LogP contribution in [0.25, 0.3) is 0 Å². The molecule has 23 heavy (non-hydrogen) atoms. The number of aromatic amines is 1. The fourth-order valence-electron chi connectivity index (χ4n) is 3.97. The highest BCUT2D eigenvalue weighted by atomic mass is 16.2. The van der Waals surface area contributed by atoms with Gasteiger partial charge in [-0.2, -0.15) is 5.10 Å². The van der Waals surface area contributed by atoms with E-state index in [1.807, 2.05) is 6.07 Å². The van der Waals surface area contributed by atoms with Gasteiger partial charge in [-0.25, -0.2) is 0 Å². The number of benzene rings is 1. The number of aryl methyl sites for hydroxylation is 1. The summed E-state index contributed by atoms with van der Waals surface area (Å²) in [6, 6.07) is 10.5. The number of H-pyrrole nitrogens is 1. The Hall–Kier alpha value is -2.10. The minimum absolute atomic E-state index is 0.191. The molecule has 0 radical (unpaired) electrons. The number of likely N-dealkylation sites (tertiary alicyclic amines) is 1. The first-order valence-electron chi connectivity index (χ1n) is 8.57. The summed E-state index contributed by atoms with van der Waals surface area (Å²) in [5.74, 6) is 1.38. The highest BCUT2D eigenvalue weighted by molar-refractivity contribution is 5.83. The van der Waals surface area contributed by atoms with Crippen molar-refractivity contribution in [1.82, 2.24) is 15.1 Å². The first-order chi connectivity index (χ1) is 11.2. The van der Waals surface area contributed by atoms with Gasteiger partial charge in [-0.1, -0.05) is 24.3 Å². The van der Waals surface area contributed by atoms with E-state index in [1.165, 1.54) is 11.1 Å². The van der Waals surface area contributed by atoms with Crippen LogP contribution in [0.5, 0.6) is 0 Å². The second-order valence-electron chi connectivity index (χ2n) is 6.94. The van der Waals surface area contributed by atoms with Crippen molar-refractivity contribution in [2.75, 3.05) is 13.1 Å². The molecule has 1 aliphatic heterocycles. The summed E-state index contributed by atoms with van der Waals surface area (Å²) in [6.45, 7) is 3.88. The predicted octanol–water partition coefficient (Wildman–Crippen LogP) is 3.23. The number of aromatic nitrogens is 2. The van der Waals surface area contributed by atoms with Crippen molar-refractivity contribution in [3.8, 4) is 0 Å². The third kappa shape index (κ3) is 2.78. The molecule has 1 N–H and O–H groups in total. The zero-order valence-corrected chi connectivity index (χ0v) is 13.5. The lowest BCUT2D eigenvalue weighted by Crippen LogP contribution is -2.40. The molecule has 2 heterocycles. The molecule has 0 unspecified atom stereocenters. The van der Waals surface area contributed by atoms with Crippen LogP contribution in [0.4, 0.5) is 0 Å². The van der Waals surface area contributed by atoms with Crippen LogP contribution in [-0.2, 0) is 4.79 Å². The van der Waals surface area contributed by atoms with E-state index in [1.54, 1.807) is 6.20 Å². The maximum absolute atomic E-state index is 12.9. The van der Waals surface area contributed by atoms with Gasteiger partial charge >= 0.3 is 0 Å². The molecular formula is C19H23N3O. The summed E-state index contributed by atoms with van der Waals surface area (Å²) < 4.78 is 0. The second-order valence-corrected chi connectivity index (χ2v) is 6.94. The third-order valence-corrected chi connectivity index (χ3v) is 5.39. The maximum Gasteiger partial charge on any atom is 0.226 e. The molecule has 1 aromatic heterocycles. The van der Waals surface area contributed by atoms with Crippen LogP contribution < -0.4 is 0 Å². The quantitative estimate of drug-likeness (QED) is 0.946. The largest absolute Gasteiger partial charge is 0.342 e. The van der Waals surface area contributed by atoms with Crippen LogP contribution >= 0.6 is 0 Å². The lowest BCUT2D eigenvalue weighted by Gasteiger charge is -2.32. The molecule has 2 fully saturated rings. The van der Waals surface area contributed by atoms with E-state index in [0.717, 1.165) is 38.0 Å². The normalized spacial score (nSPS) is 27.0. The number of carbonyl (C=O) groups is 1. The fraction of sp³-hybridized carbons (Fsp3) is 0.474. The van der Waals surface area contributed by atoms with Crippen LogP contribution in [0.2, 0.25) is 0 Å². The van der Waals surface area contributed by atoms with Crippen LogP contribution in [0, 0.1) is 12.8 Å². The number of rotatable bonds is 3. The predicted molar refractivity (Wildman–Crippen MR) is 89.2 cm³/mol. The summed E-state index contributed by atoms with van der Waals surface area (Å²) in [5, 5.41) is 7.11. The Morgan fingerprint density at radius 3 is 2.96 bits per heavy atom. The lowest BCUT2D eigenvalue weighted by atomic mass is 9.94. The van der Waals surface area contributed by atoms with Gasteiger partial charge in [0, 0.05) is 36.8 Å². The Balaban J connectivity index is 1.43. The minimum atomic E-state index is 0.191. The number of piperidine rings is 1. The van der Waals surface area contributed by atoms with E-state index in [4.69, 9.17) is 0 Å². The first-order valence-corrected chi connectivity index (χ1v) is 8.57. The number of amides is 1. The monoisotopic (exact) mass is 309 g/mol. The van der Waals surface area contributed by atoms with E-state index in [0.29, 0.717) is 17.7 Å². The zero-order valence-electron chi connectivity index (χ0n) is 13.5. The summed E-state index contributed by atoms with van der Waals surface area (Å²) in [4.78, 5) is 15.0. The zero-order chi connectivity index (χ0) is 15.8. The van der Waals surface area contributed by atoms with Crippen molar-refractivity contribution in [1.29, 1.82) is 0 Å². The number of hydrogen-bond donors (Lipinski definition) is 1. The molecule has 2 aliphatic rings. The highest BCUT2D eigenvalue weighted by Gasteiger charge is 2.46. The number of nitrogens with one attached hydrogen (secondary N) is 1. The number of hydrogen-bond acceptors (Lipinski definition) is 2. The van der Waals surface area contributed by atoms with E-state index >= 15 is 0 Å². The van der Waals surface area contributed by atoms with Crippen molar-refractivity contribution in [2.45, 2.75) is 38.0 Å². The molecule has 4 heteroatoms. The molecule has 1 aromatic carbocycles. The smallest absolute Gasteiger partial charge is 0.226 e. The van der Waals surface area contributed by atoms with E-state index < -0.39 is 0 Å². The van der Waals surface area contributed by atoms with Crippen molar-refractivity contribution in [3.63, 3.8) is 0 Å². The Kier molecular flexibility index (Phi) is 3.68. The average Bonchev–Trinajstić information content (AvgIpc) is 3.17. The average molecular weight is 309 g/mol. The van der Waals surface area contributed by atoms with Crippen LogP contribution in [0.15, 0.2) is 36.5 Å². The molecule has 0 spiro atoms. The van der Waals surface area contributed by atoms with Crippen molar-refractivity contribution >= 4 is 5.91 Å². The summed E-state index contributed by atoms with van der Waals surface area (Å²) in [6.07, 6.45) is 5.02. The Morgan fingerprint density at radius 1 is 1.30 bits per heavy atom. The van der Waals surface area contributed by atoms with Gasteiger partial charge in [-0.3, -0.25) is 9.89 Å². The van der Waals surface area contributed by atoms with Crippen LogP contribution in [0.3, 0.4) is 0 Å². The Labute approximate surface area is 136 Å². The SMILES string of the molecule is Cc1ccccc1[C@@H]1C[C@@H]1C(=O)N1CCC[C@@H](c2ccn[nH]2)C1. The molecule has 120 valence electrons. The van der Waals surface area contributed by atoms with E-state index in [2.05, 4.69) is 46.3 Å². The van der Waals surface area contributed by atoms with E-state index in [-0.39, 0.29) is 5.92 Å². The third-order valence-electron chi connectivity index (χ3n) is 5.39. The lowest BCUT2D eigenvalue weighted by molar-refractivity contribution is -0.133. The Morgan fingerprint density at radius 2 is 2.17 bits per heavy atom. The van der Waals surface area contributed by atoms with Gasteiger partial charge in [0.25, 0.3) is 0 Å². The van der Waals surface area contributed by atoms with Gasteiger partial charge in [0.05, 0.1) is 0 Å². The number of carbonyl (C=O) groups excluding carboxylic acids is 1. The fourth-order valence-corrected chi connectivity index (χ4v) is 3.97. The Bertz CT molecular complexity index is 694. The van der Waals surface area contributed by atoms with Crippen molar-refractivity contribution in [3.05, 3.63) is 53.3 Å². The van der Waals surface area contributed by atoms with E-state index in [9.17, 15) is 4.79 Å². The topological polar surface area (TPSA) is 49.0 Å². The molecule has 1 saturated carbocycles. The molecule has 2 aromatic rings. The molecule has 1 saturated heterocycles.